The number of hydrogen-bond acceptors (Lipinski definition) is 0. The van der Waals surface area contributed by atoms with Gasteiger partial charge in [0, 0.05) is 0 Å². The maximum absolute atomic E-state index is 2.25. The predicted octanol–water partition coefficient (Wildman–Crippen LogP) is 4.34. The van der Waals surface area contributed by atoms with E-state index in [9.17, 15) is 0 Å². The highest BCUT2D eigenvalue weighted by molar-refractivity contribution is 5.85. The molecule has 0 saturated carbocycles. The molecule has 0 rings (SSSR count). The molecule has 0 amide bonds. The molecular formula is C10H21Cl. The molecular weight excluding hydrogens is 156 g/mol. The molecule has 0 aliphatic heterocycles. The molecule has 0 nitrogen and oxygen atoms in total. The Balaban J connectivity index is 0. The van der Waals surface area contributed by atoms with Gasteiger partial charge in [0.05, 0.1) is 0 Å². The first-order valence-electron chi connectivity index (χ1n) is 4.43. The van der Waals surface area contributed by atoms with Crippen molar-refractivity contribution in [3.8, 4) is 0 Å². The van der Waals surface area contributed by atoms with Gasteiger partial charge in [0.15, 0.2) is 0 Å². The van der Waals surface area contributed by atoms with E-state index in [4.69, 9.17) is 0 Å². The second-order valence-electron chi connectivity index (χ2n) is 2.95. The van der Waals surface area contributed by atoms with Crippen LogP contribution >= 0.6 is 12.4 Å². The summed E-state index contributed by atoms with van der Waals surface area (Å²) in [6, 6.07) is 0. The molecule has 0 atom stereocenters. The Kier molecular flexibility index (Phi) is 12.4. The fourth-order valence-corrected chi connectivity index (χ4v) is 0.975. The lowest BCUT2D eigenvalue weighted by atomic mass is 10.1. The summed E-state index contributed by atoms with van der Waals surface area (Å²) in [7, 11) is 0. The molecule has 68 valence electrons. The summed E-state index contributed by atoms with van der Waals surface area (Å²) < 4.78 is 0. The number of halogens is 1. The van der Waals surface area contributed by atoms with Crippen molar-refractivity contribution in [2.24, 2.45) is 0 Å². The third kappa shape index (κ3) is 10.0. The quantitative estimate of drug-likeness (QED) is 0.432. The summed E-state index contributed by atoms with van der Waals surface area (Å²) in [5, 5.41) is 0. The normalized spacial score (nSPS) is 11.0. The number of unbranched alkanes of at least 4 members (excludes halogenated alkanes) is 3. The Morgan fingerprint density at radius 2 is 1.82 bits per heavy atom. The van der Waals surface area contributed by atoms with Gasteiger partial charge in [0.1, 0.15) is 0 Å². The lowest BCUT2D eigenvalue weighted by Gasteiger charge is -1.98. The van der Waals surface area contributed by atoms with Crippen LogP contribution in [0.25, 0.3) is 0 Å². The van der Waals surface area contributed by atoms with Crippen LogP contribution in [0.3, 0.4) is 0 Å². The van der Waals surface area contributed by atoms with Gasteiger partial charge in [0.25, 0.3) is 0 Å². The van der Waals surface area contributed by atoms with E-state index >= 15 is 0 Å². The summed E-state index contributed by atoms with van der Waals surface area (Å²) in [6.07, 6.45) is 9.04. The highest BCUT2D eigenvalue weighted by Crippen LogP contribution is 2.08. The summed E-state index contributed by atoms with van der Waals surface area (Å²) in [6.45, 7) is 6.59. The third-order valence-electron chi connectivity index (χ3n) is 1.92. The predicted molar refractivity (Wildman–Crippen MR) is 55.4 cm³/mol. The van der Waals surface area contributed by atoms with Gasteiger partial charge in [-0.2, -0.15) is 0 Å². The molecule has 0 saturated heterocycles. The van der Waals surface area contributed by atoms with Gasteiger partial charge in [-0.3, -0.25) is 0 Å². The van der Waals surface area contributed by atoms with E-state index in [1.165, 1.54) is 37.7 Å². The summed E-state index contributed by atoms with van der Waals surface area (Å²) in [5.74, 6) is 0. The van der Waals surface area contributed by atoms with Gasteiger partial charge in [-0.25, -0.2) is 0 Å². The second-order valence-corrected chi connectivity index (χ2v) is 2.95. The van der Waals surface area contributed by atoms with Crippen molar-refractivity contribution in [3.63, 3.8) is 0 Å². The first-order chi connectivity index (χ1) is 4.81. The van der Waals surface area contributed by atoms with Gasteiger partial charge in [-0.15, -0.1) is 12.4 Å². The van der Waals surface area contributed by atoms with Crippen molar-refractivity contribution in [3.05, 3.63) is 11.6 Å². The Morgan fingerprint density at radius 3 is 2.27 bits per heavy atom. The zero-order chi connectivity index (χ0) is 7.82. The first kappa shape index (κ1) is 13.6. The molecule has 0 fully saturated rings. The average molecular weight is 177 g/mol. The van der Waals surface area contributed by atoms with Crippen LogP contribution < -0.4 is 0 Å². The van der Waals surface area contributed by atoms with Gasteiger partial charge >= 0.3 is 0 Å². The minimum atomic E-state index is 0. The maximum Gasteiger partial charge on any atom is -0.0323 e. The van der Waals surface area contributed by atoms with Crippen molar-refractivity contribution in [2.75, 3.05) is 0 Å². The third-order valence-corrected chi connectivity index (χ3v) is 1.92. The minimum absolute atomic E-state index is 0. The van der Waals surface area contributed by atoms with Crippen molar-refractivity contribution >= 4 is 12.4 Å². The van der Waals surface area contributed by atoms with Gasteiger partial charge in [-0.05, 0) is 26.7 Å². The zero-order valence-corrected chi connectivity index (χ0v) is 8.84. The second kappa shape index (κ2) is 10.0. The minimum Gasteiger partial charge on any atom is -0.147 e. The van der Waals surface area contributed by atoms with Gasteiger partial charge in [-0.1, -0.05) is 37.8 Å². The number of rotatable bonds is 5. The molecule has 0 aromatic rings. The number of allylic oxidation sites excluding steroid dienone is 2. The van der Waals surface area contributed by atoms with Gasteiger partial charge < -0.3 is 0 Å². The van der Waals surface area contributed by atoms with Crippen LogP contribution in [-0.2, 0) is 0 Å². The van der Waals surface area contributed by atoms with E-state index in [2.05, 4.69) is 26.8 Å². The van der Waals surface area contributed by atoms with Crippen LogP contribution in [0.1, 0.15) is 52.9 Å². The van der Waals surface area contributed by atoms with E-state index in [1.54, 1.807) is 0 Å². The lowest BCUT2D eigenvalue weighted by molar-refractivity contribution is 0.664. The summed E-state index contributed by atoms with van der Waals surface area (Å²) >= 11 is 0. The lowest BCUT2D eigenvalue weighted by Crippen LogP contribution is -1.78. The van der Waals surface area contributed by atoms with Crippen LogP contribution in [0.2, 0.25) is 0 Å². The summed E-state index contributed by atoms with van der Waals surface area (Å²) in [5.41, 5.74) is 1.54. The van der Waals surface area contributed by atoms with Crippen molar-refractivity contribution < 1.29 is 0 Å². The van der Waals surface area contributed by atoms with Crippen LogP contribution in [-0.4, -0.2) is 0 Å². The van der Waals surface area contributed by atoms with Crippen LogP contribution in [0.5, 0.6) is 0 Å². The smallest absolute Gasteiger partial charge is 0.0323 e. The fraction of sp³-hybridized carbons (Fsp3) is 0.800. The molecule has 0 spiro atoms. The Hall–Kier alpha value is 0.0300. The highest BCUT2D eigenvalue weighted by Gasteiger charge is 1.88. The molecule has 0 N–H and O–H groups in total. The topological polar surface area (TPSA) is 0 Å². The van der Waals surface area contributed by atoms with E-state index < -0.39 is 0 Å². The molecule has 0 aliphatic carbocycles. The largest absolute Gasteiger partial charge is 0.147 e. The van der Waals surface area contributed by atoms with E-state index in [0.29, 0.717) is 0 Å². The van der Waals surface area contributed by atoms with E-state index in [1.807, 2.05) is 0 Å². The molecule has 0 aromatic heterocycles. The van der Waals surface area contributed by atoms with Crippen molar-refractivity contribution in [1.82, 2.24) is 0 Å². The Labute approximate surface area is 77.5 Å². The molecule has 0 bridgehead atoms. The number of hydrogen-bond donors (Lipinski definition) is 0. The monoisotopic (exact) mass is 176 g/mol. The SMILES string of the molecule is CC=C(C)CCCCCC.Cl. The molecule has 0 heterocycles. The van der Waals surface area contributed by atoms with Gasteiger partial charge in [0.2, 0.25) is 0 Å². The van der Waals surface area contributed by atoms with E-state index in [-0.39, 0.29) is 12.4 Å². The Bertz CT molecular complexity index is 95.0. The van der Waals surface area contributed by atoms with Crippen LogP contribution in [0, 0.1) is 0 Å². The molecule has 0 aliphatic rings. The molecule has 0 radical (unpaired) electrons. The standard InChI is InChI=1S/C10H20.ClH/c1-4-6-7-8-9-10(3)5-2;/h5H,4,6-9H2,1-3H3;1H. The molecule has 1 heteroatoms. The van der Waals surface area contributed by atoms with Crippen LogP contribution in [0.15, 0.2) is 11.6 Å². The van der Waals surface area contributed by atoms with Crippen molar-refractivity contribution in [2.45, 2.75) is 52.9 Å². The summed E-state index contributed by atoms with van der Waals surface area (Å²) in [4.78, 5) is 0. The molecule has 0 unspecified atom stereocenters. The first-order valence-corrected chi connectivity index (χ1v) is 4.43. The highest BCUT2D eigenvalue weighted by atomic mass is 35.5. The molecule has 0 aromatic carbocycles. The molecule has 11 heavy (non-hydrogen) atoms. The zero-order valence-electron chi connectivity index (χ0n) is 8.02. The Morgan fingerprint density at radius 1 is 1.18 bits per heavy atom. The average Bonchev–Trinajstić information content (AvgIpc) is 1.98. The fourth-order valence-electron chi connectivity index (χ4n) is 0.975. The van der Waals surface area contributed by atoms with E-state index in [0.717, 1.165) is 0 Å². The van der Waals surface area contributed by atoms with Crippen LogP contribution in [0.4, 0.5) is 0 Å². The van der Waals surface area contributed by atoms with Crippen molar-refractivity contribution in [1.29, 1.82) is 0 Å². The maximum atomic E-state index is 2.25.